The molecule has 0 spiro atoms. The fourth-order valence-electron chi connectivity index (χ4n) is 5.48. The van der Waals surface area contributed by atoms with Gasteiger partial charge in [-0.05, 0) is 35.2 Å². The number of carboxylic acids is 1. The number of amides is 4. The molecule has 6 N–H and O–H groups in total. The molecule has 1 atom stereocenters. The summed E-state index contributed by atoms with van der Waals surface area (Å²) >= 11 is 0. The number of aromatic nitrogens is 1. The maximum atomic E-state index is 15.0. The van der Waals surface area contributed by atoms with E-state index in [1.165, 1.54) is 4.90 Å². The molecule has 3 rings (SSSR count). The molecule has 0 unspecified atom stereocenters. The van der Waals surface area contributed by atoms with Gasteiger partial charge in [-0.1, -0.05) is 51.1 Å². The van der Waals surface area contributed by atoms with E-state index in [0.29, 0.717) is 17.8 Å². The summed E-state index contributed by atoms with van der Waals surface area (Å²) in [6, 6.07) is 13.5. The van der Waals surface area contributed by atoms with Gasteiger partial charge in [0.15, 0.2) is 0 Å². The van der Waals surface area contributed by atoms with Crippen LogP contribution in [0.5, 0.6) is 0 Å². The molecule has 1 heterocycles. The first-order valence-corrected chi connectivity index (χ1v) is 16.3. The van der Waals surface area contributed by atoms with Gasteiger partial charge in [-0.3, -0.25) is 29.4 Å². The van der Waals surface area contributed by atoms with Gasteiger partial charge >= 0.3 is 5.97 Å². The third-order valence-electron chi connectivity index (χ3n) is 7.85. The van der Waals surface area contributed by atoms with Crippen LogP contribution in [0.3, 0.4) is 0 Å². The number of benzene rings is 2. The van der Waals surface area contributed by atoms with E-state index in [-0.39, 0.29) is 56.7 Å². The van der Waals surface area contributed by atoms with Gasteiger partial charge in [-0.15, -0.1) is 0 Å². The lowest BCUT2D eigenvalue weighted by atomic mass is 9.82. The molecule has 0 aliphatic rings. The maximum Gasteiger partial charge on any atom is 0.303 e. The highest BCUT2D eigenvalue weighted by molar-refractivity contribution is 6.37. The second kappa shape index (κ2) is 18.5. The van der Waals surface area contributed by atoms with Crippen LogP contribution >= 0.6 is 0 Å². The average Bonchev–Trinajstić information content (AvgIpc) is 3.48. The third kappa shape index (κ3) is 12.1. The maximum absolute atomic E-state index is 15.0. The molecule has 2 aromatic carbocycles. The van der Waals surface area contributed by atoms with E-state index in [2.05, 4.69) is 16.0 Å². The van der Waals surface area contributed by atoms with E-state index in [4.69, 9.17) is 10.5 Å². The average molecular weight is 711 g/mol. The summed E-state index contributed by atoms with van der Waals surface area (Å²) in [4.78, 5) is 61.5. The Hall–Kier alpha value is -5.44. The fourth-order valence-corrected chi connectivity index (χ4v) is 5.48. The van der Waals surface area contributed by atoms with Gasteiger partial charge < -0.3 is 35.6 Å². The SMILES string of the molecule is CC(C)(C)[C@H](c1cc(-c2cc(F)ccc2F)cn1Cc1ccccc1)N(CCC(=N)C(=O)NCCNC(=O)CNC(=O)CCC(=O)O)C(=O)CO. The molecule has 13 nitrogen and oxygen atoms in total. The van der Waals surface area contributed by atoms with Crippen molar-refractivity contribution < 1.29 is 43.0 Å². The first-order valence-electron chi connectivity index (χ1n) is 16.3. The quantitative estimate of drug-likeness (QED) is 0.0863. The van der Waals surface area contributed by atoms with Crippen LogP contribution in [0, 0.1) is 22.5 Å². The molecule has 4 amide bonds. The molecule has 0 aliphatic heterocycles. The number of aliphatic hydroxyl groups excluding tert-OH is 1. The number of halogens is 2. The largest absolute Gasteiger partial charge is 0.481 e. The summed E-state index contributed by atoms with van der Waals surface area (Å²) in [6.07, 6.45) is 0.857. The van der Waals surface area contributed by atoms with Crippen LogP contribution in [0.15, 0.2) is 60.8 Å². The number of carbonyl (C=O) groups excluding carboxylic acids is 4. The Balaban J connectivity index is 1.76. The van der Waals surface area contributed by atoms with Gasteiger partial charge in [-0.25, -0.2) is 8.78 Å². The topological polar surface area (TPSA) is 194 Å². The predicted molar refractivity (Wildman–Crippen MR) is 185 cm³/mol. The van der Waals surface area contributed by atoms with Crippen molar-refractivity contribution >= 4 is 35.3 Å². The van der Waals surface area contributed by atoms with Crippen molar-refractivity contribution in [1.29, 1.82) is 5.41 Å². The zero-order valence-corrected chi connectivity index (χ0v) is 28.8. The molecule has 0 bridgehead atoms. The lowest BCUT2D eigenvalue weighted by Crippen LogP contribution is -2.45. The molecule has 0 saturated carbocycles. The van der Waals surface area contributed by atoms with Gasteiger partial charge in [0, 0.05) is 62.0 Å². The number of rotatable bonds is 18. The lowest BCUT2D eigenvalue weighted by Gasteiger charge is -2.41. The van der Waals surface area contributed by atoms with Crippen LogP contribution < -0.4 is 16.0 Å². The van der Waals surface area contributed by atoms with Crippen LogP contribution in [-0.4, -0.2) is 87.8 Å². The fraction of sp³-hybridized carbons (Fsp3) is 0.389. The Bertz CT molecular complexity index is 1720. The number of aliphatic hydroxyl groups is 1. The molecule has 274 valence electrons. The number of aliphatic carboxylic acids is 1. The molecule has 3 aromatic rings. The number of hydrogen-bond donors (Lipinski definition) is 6. The summed E-state index contributed by atoms with van der Waals surface area (Å²) < 4.78 is 31.0. The summed E-state index contributed by atoms with van der Waals surface area (Å²) in [5.41, 5.74) is 0.834. The first kappa shape index (κ1) is 40.0. The van der Waals surface area contributed by atoms with Crippen molar-refractivity contribution in [3.8, 4) is 11.1 Å². The molecule has 15 heteroatoms. The molecular weight excluding hydrogens is 666 g/mol. The summed E-state index contributed by atoms with van der Waals surface area (Å²) in [6.45, 7) is 4.55. The van der Waals surface area contributed by atoms with Crippen molar-refractivity contribution in [3.05, 3.63) is 83.7 Å². The van der Waals surface area contributed by atoms with E-state index in [9.17, 15) is 37.9 Å². The van der Waals surface area contributed by atoms with E-state index in [0.717, 1.165) is 23.8 Å². The van der Waals surface area contributed by atoms with E-state index in [1.807, 2.05) is 55.7 Å². The van der Waals surface area contributed by atoms with Gasteiger partial charge in [0.2, 0.25) is 17.7 Å². The monoisotopic (exact) mass is 710 g/mol. The summed E-state index contributed by atoms with van der Waals surface area (Å²) in [5, 5.41) is 34.3. The van der Waals surface area contributed by atoms with Gasteiger partial charge in [-0.2, -0.15) is 0 Å². The second-order valence-corrected chi connectivity index (χ2v) is 12.9. The predicted octanol–water partition coefficient (Wildman–Crippen LogP) is 3.01. The number of hydrogen-bond acceptors (Lipinski definition) is 7. The first-order chi connectivity index (χ1) is 24.1. The standard InChI is InChI=1S/C36H44F2N6O7/c1-36(2,3)34(29-17-24(26-18-25(37)9-10-27(26)38)21-43(29)20-23-7-5-4-6-8-23)44(32(48)22-45)16-13-28(39)35(51)41-15-14-40-31(47)19-42-30(46)11-12-33(49)50/h4-10,17-18,21,34,39,45H,11-16,19-20,22H2,1-3H3,(H,40,47)(H,41,51)(H,42,46)(H,49,50)/t34-/m0/s1. The number of nitrogens with one attached hydrogen (secondary N) is 4. The normalized spacial score (nSPS) is 11.7. The van der Waals surface area contributed by atoms with E-state index >= 15 is 0 Å². The van der Waals surface area contributed by atoms with Crippen molar-refractivity contribution in [2.24, 2.45) is 5.41 Å². The Morgan fingerprint density at radius 3 is 2.24 bits per heavy atom. The highest BCUT2D eigenvalue weighted by atomic mass is 19.1. The van der Waals surface area contributed by atoms with Crippen LogP contribution in [0.2, 0.25) is 0 Å². The van der Waals surface area contributed by atoms with Gasteiger partial charge in [0.1, 0.15) is 18.2 Å². The van der Waals surface area contributed by atoms with Crippen molar-refractivity contribution in [2.75, 3.05) is 32.8 Å². The van der Waals surface area contributed by atoms with Crippen molar-refractivity contribution in [1.82, 2.24) is 25.4 Å². The second-order valence-electron chi connectivity index (χ2n) is 12.9. The molecular formula is C36H44F2N6O7. The van der Waals surface area contributed by atoms with Crippen LogP contribution in [0.1, 0.15) is 57.3 Å². The Morgan fingerprint density at radius 2 is 1.59 bits per heavy atom. The minimum Gasteiger partial charge on any atom is -0.481 e. The minimum absolute atomic E-state index is 0.0171. The van der Waals surface area contributed by atoms with Gasteiger partial charge in [0.05, 0.1) is 24.7 Å². The molecule has 0 aliphatic carbocycles. The molecule has 0 saturated heterocycles. The highest BCUT2D eigenvalue weighted by Gasteiger charge is 2.37. The Kier molecular flexibility index (Phi) is 14.5. The minimum atomic E-state index is -1.14. The van der Waals surface area contributed by atoms with Crippen molar-refractivity contribution in [3.63, 3.8) is 0 Å². The number of carboxylic acid groups (broad SMARTS) is 1. The Labute approximate surface area is 294 Å². The number of carbonyl (C=O) groups is 5. The lowest BCUT2D eigenvalue weighted by molar-refractivity contribution is -0.139. The molecule has 1 aromatic heterocycles. The zero-order chi connectivity index (χ0) is 37.7. The number of nitrogens with zero attached hydrogens (tertiary/aromatic N) is 2. The van der Waals surface area contributed by atoms with E-state index < -0.39 is 59.3 Å². The summed E-state index contributed by atoms with van der Waals surface area (Å²) in [5.74, 6) is -4.95. The Morgan fingerprint density at radius 1 is 0.902 bits per heavy atom. The third-order valence-corrected chi connectivity index (χ3v) is 7.85. The van der Waals surface area contributed by atoms with Crippen LogP contribution in [-0.2, 0) is 30.5 Å². The van der Waals surface area contributed by atoms with Crippen LogP contribution in [0.25, 0.3) is 11.1 Å². The molecule has 51 heavy (non-hydrogen) atoms. The van der Waals surface area contributed by atoms with E-state index in [1.54, 1.807) is 12.3 Å². The van der Waals surface area contributed by atoms with Crippen LogP contribution in [0.4, 0.5) is 8.78 Å². The van der Waals surface area contributed by atoms with Crippen molar-refractivity contribution in [2.45, 2.75) is 52.6 Å². The highest BCUT2D eigenvalue weighted by Crippen LogP contribution is 2.41. The zero-order valence-electron chi connectivity index (χ0n) is 28.8. The summed E-state index contributed by atoms with van der Waals surface area (Å²) in [7, 11) is 0. The smallest absolute Gasteiger partial charge is 0.303 e. The molecule has 0 radical (unpaired) electrons. The molecule has 0 fully saturated rings. The van der Waals surface area contributed by atoms with Gasteiger partial charge in [0.25, 0.3) is 5.91 Å².